The number of hydrogen-bond donors (Lipinski definition) is 1. The number of hydrogen-bond acceptors (Lipinski definition) is 1. The molecular weight excluding hydrogens is 153 g/mol. The lowest BCUT2D eigenvalue weighted by Crippen LogP contribution is -2.05. The molecule has 1 nitrogen and oxygen atoms in total. The Bertz CT molecular complexity index is 320. The fourth-order valence-corrected chi connectivity index (χ4v) is 1.93. The molecule has 0 heterocycles. The van der Waals surface area contributed by atoms with Crippen LogP contribution in [0.15, 0.2) is 12.1 Å². The summed E-state index contributed by atoms with van der Waals surface area (Å²) in [6.45, 7) is 1.94. The Balaban J connectivity index is 2.60. The quantitative estimate of drug-likeness (QED) is 0.625. The van der Waals surface area contributed by atoms with Crippen molar-refractivity contribution in [3.8, 4) is 0 Å². The van der Waals surface area contributed by atoms with Gasteiger partial charge in [0.1, 0.15) is 5.82 Å². The van der Waals surface area contributed by atoms with Gasteiger partial charge in [-0.1, -0.05) is 0 Å². The molecule has 12 heavy (non-hydrogen) atoms. The normalized spacial score (nSPS) is 21.1. The van der Waals surface area contributed by atoms with Crippen molar-refractivity contribution in [3.63, 3.8) is 0 Å². The number of benzene rings is 1. The molecule has 0 unspecified atom stereocenters. The number of rotatable bonds is 0. The van der Waals surface area contributed by atoms with E-state index < -0.39 is 0 Å². The van der Waals surface area contributed by atoms with Crippen LogP contribution in [0.4, 0.5) is 4.39 Å². The maximum atomic E-state index is 12.9. The van der Waals surface area contributed by atoms with Crippen LogP contribution in [0.2, 0.25) is 0 Å². The summed E-state index contributed by atoms with van der Waals surface area (Å²) in [5.41, 5.74) is 9.12. The molecule has 1 aromatic rings. The van der Waals surface area contributed by atoms with Gasteiger partial charge in [0, 0.05) is 6.04 Å². The minimum absolute atomic E-state index is 0.0504. The van der Waals surface area contributed by atoms with Crippen molar-refractivity contribution in [1.29, 1.82) is 0 Å². The Hall–Kier alpha value is -0.890. The molecule has 0 radical (unpaired) electrons. The van der Waals surface area contributed by atoms with Gasteiger partial charge in [-0.05, 0) is 48.6 Å². The van der Waals surface area contributed by atoms with Gasteiger partial charge in [0.15, 0.2) is 0 Å². The first-order valence-electron chi connectivity index (χ1n) is 4.23. The average molecular weight is 165 g/mol. The van der Waals surface area contributed by atoms with Gasteiger partial charge in [0.25, 0.3) is 0 Å². The van der Waals surface area contributed by atoms with Crippen LogP contribution in [-0.4, -0.2) is 0 Å². The van der Waals surface area contributed by atoms with E-state index in [0.29, 0.717) is 0 Å². The molecular formula is C10H12FN. The Labute approximate surface area is 71.4 Å². The molecule has 2 heteroatoms. The largest absolute Gasteiger partial charge is 0.324 e. The first-order chi connectivity index (χ1) is 5.68. The van der Waals surface area contributed by atoms with Gasteiger partial charge in [-0.25, -0.2) is 4.39 Å². The molecule has 1 aromatic carbocycles. The Morgan fingerprint density at radius 1 is 1.50 bits per heavy atom. The zero-order valence-electron chi connectivity index (χ0n) is 7.10. The Morgan fingerprint density at radius 2 is 2.25 bits per heavy atom. The van der Waals surface area contributed by atoms with Gasteiger partial charge >= 0.3 is 0 Å². The van der Waals surface area contributed by atoms with Crippen LogP contribution < -0.4 is 5.73 Å². The van der Waals surface area contributed by atoms with Gasteiger partial charge in [0.05, 0.1) is 0 Å². The van der Waals surface area contributed by atoms with E-state index in [1.165, 1.54) is 5.56 Å². The monoisotopic (exact) mass is 165 g/mol. The molecule has 0 saturated carbocycles. The van der Waals surface area contributed by atoms with Crippen molar-refractivity contribution in [2.45, 2.75) is 25.8 Å². The maximum Gasteiger partial charge on any atom is 0.123 e. The zero-order valence-corrected chi connectivity index (χ0v) is 7.10. The minimum Gasteiger partial charge on any atom is -0.324 e. The van der Waals surface area contributed by atoms with Crippen LogP contribution in [0, 0.1) is 12.7 Å². The van der Waals surface area contributed by atoms with Gasteiger partial charge in [-0.2, -0.15) is 0 Å². The van der Waals surface area contributed by atoms with Crippen molar-refractivity contribution in [3.05, 3.63) is 34.6 Å². The molecule has 2 N–H and O–H groups in total. The lowest BCUT2D eigenvalue weighted by atomic mass is 10.0. The van der Waals surface area contributed by atoms with Crippen molar-refractivity contribution in [1.82, 2.24) is 0 Å². The number of fused-ring (bicyclic) bond motifs is 1. The highest BCUT2D eigenvalue weighted by Gasteiger charge is 2.20. The second-order valence-electron chi connectivity index (χ2n) is 3.44. The summed E-state index contributed by atoms with van der Waals surface area (Å²) in [4.78, 5) is 0. The third-order valence-electron chi connectivity index (χ3n) is 2.58. The summed E-state index contributed by atoms with van der Waals surface area (Å²) in [6.07, 6.45) is 1.96. The van der Waals surface area contributed by atoms with E-state index >= 15 is 0 Å². The van der Waals surface area contributed by atoms with E-state index in [0.717, 1.165) is 24.0 Å². The van der Waals surface area contributed by atoms with Crippen molar-refractivity contribution < 1.29 is 4.39 Å². The zero-order chi connectivity index (χ0) is 8.72. The predicted octanol–water partition coefficient (Wildman–Crippen LogP) is 2.08. The molecule has 0 saturated heterocycles. The highest BCUT2D eigenvalue weighted by Crippen LogP contribution is 2.31. The summed E-state index contributed by atoms with van der Waals surface area (Å²) in [5, 5.41) is 0. The van der Waals surface area contributed by atoms with Crippen LogP contribution >= 0.6 is 0 Å². The van der Waals surface area contributed by atoms with Crippen LogP contribution in [0.3, 0.4) is 0 Å². The fourth-order valence-electron chi connectivity index (χ4n) is 1.93. The number of halogens is 1. The van der Waals surface area contributed by atoms with E-state index in [1.807, 2.05) is 6.92 Å². The highest BCUT2D eigenvalue weighted by atomic mass is 19.1. The third kappa shape index (κ3) is 1.03. The topological polar surface area (TPSA) is 26.0 Å². The molecule has 0 amide bonds. The summed E-state index contributed by atoms with van der Waals surface area (Å²) in [6, 6.07) is 3.20. The molecule has 0 aromatic heterocycles. The van der Waals surface area contributed by atoms with Crippen LogP contribution in [0.25, 0.3) is 0 Å². The van der Waals surface area contributed by atoms with E-state index in [-0.39, 0.29) is 11.9 Å². The predicted molar refractivity (Wildman–Crippen MR) is 46.4 cm³/mol. The lowest BCUT2D eigenvalue weighted by Gasteiger charge is -2.06. The molecule has 0 spiro atoms. The molecule has 2 rings (SSSR count). The molecule has 1 aliphatic rings. The van der Waals surface area contributed by atoms with Gasteiger partial charge < -0.3 is 5.73 Å². The third-order valence-corrected chi connectivity index (χ3v) is 2.58. The smallest absolute Gasteiger partial charge is 0.123 e. The fraction of sp³-hybridized carbons (Fsp3) is 0.400. The standard InChI is InChI=1S/C10H12FN/c1-6-4-7(11)5-9-8(6)2-3-10(9)12/h4-5,10H,2-3,12H2,1H3/t10-/m0/s1. The maximum absolute atomic E-state index is 12.9. The SMILES string of the molecule is Cc1cc(F)cc2c1CC[C@@H]2N. The van der Waals surface area contributed by atoms with Crippen LogP contribution in [-0.2, 0) is 6.42 Å². The van der Waals surface area contributed by atoms with Gasteiger partial charge in [-0.3, -0.25) is 0 Å². The summed E-state index contributed by atoms with van der Waals surface area (Å²) in [7, 11) is 0. The second kappa shape index (κ2) is 2.56. The van der Waals surface area contributed by atoms with Gasteiger partial charge in [-0.15, -0.1) is 0 Å². The van der Waals surface area contributed by atoms with Crippen molar-refractivity contribution >= 4 is 0 Å². The van der Waals surface area contributed by atoms with Crippen LogP contribution in [0.1, 0.15) is 29.2 Å². The van der Waals surface area contributed by atoms with Crippen LogP contribution in [0.5, 0.6) is 0 Å². The second-order valence-corrected chi connectivity index (χ2v) is 3.44. The highest BCUT2D eigenvalue weighted by molar-refractivity contribution is 5.40. The first-order valence-corrected chi connectivity index (χ1v) is 4.23. The minimum atomic E-state index is -0.163. The lowest BCUT2D eigenvalue weighted by molar-refractivity contribution is 0.621. The number of nitrogens with two attached hydrogens (primary N) is 1. The van der Waals surface area contributed by atoms with E-state index in [1.54, 1.807) is 12.1 Å². The van der Waals surface area contributed by atoms with Crippen molar-refractivity contribution in [2.75, 3.05) is 0 Å². The van der Waals surface area contributed by atoms with E-state index in [4.69, 9.17) is 5.73 Å². The molecule has 64 valence electrons. The summed E-state index contributed by atoms with van der Waals surface area (Å²) < 4.78 is 12.9. The molecule has 1 atom stereocenters. The Kier molecular flexibility index (Phi) is 1.65. The molecule has 0 fully saturated rings. The summed E-state index contributed by atoms with van der Waals surface area (Å²) in [5.74, 6) is -0.163. The van der Waals surface area contributed by atoms with E-state index in [2.05, 4.69) is 0 Å². The average Bonchev–Trinajstić information content (AvgIpc) is 2.33. The Morgan fingerprint density at radius 3 is 3.00 bits per heavy atom. The summed E-state index contributed by atoms with van der Waals surface area (Å²) >= 11 is 0. The first kappa shape index (κ1) is 7.74. The van der Waals surface area contributed by atoms with Gasteiger partial charge in [0.2, 0.25) is 0 Å². The molecule has 0 bridgehead atoms. The number of aryl methyl sites for hydroxylation is 1. The molecule has 1 aliphatic carbocycles. The van der Waals surface area contributed by atoms with E-state index in [9.17, 15) is 4.39 Å². The van der Waals surface area contributed by atoms with Crippen molar-refractivity contribution in [2.24, 2.45) is 5.73 Å². The molecule has 0 aliphatic heterocycles.